The summed E-state index contributed by atoms with van der Waals surface area (Å²) >= 11 is 0. The number of hydrogen-bond donors (Lipinski definition) is 3. The number of aromatic nitrogens is 5. The highest BCUT2D eigenvalue weighted by atomic mass is 16.5. The second kappa shape index (κ2) is 7.86. The maximum absolute atomic E-state index is 9.34. The lowest BCUT2D eigenvalue weighted by atomic mass is 9.80. The number of imidazole rings is 1. The van der Waals surface area contributed by atoms with Crippen molar-refractivity contribution in [1.82, 2.24) is 24.7 Å². The molecule has 0 aliphatic carbocycles. The molecule has 0 fully saturated rings. The first-order chi connectivity index (χ1) is 14.1. The fourth-order valence-corrected chi connectivity index (χ4v) is 3.02. The van der Waals surface area contributed by atoms with Gasteiger partial charge in [-0.2, -0.15) is 9.97 Å². The van der Waals surface area contributed by atoms with Crippen molar-refractivity contribution in [2.45, 2.75) is 13.5 Å². The normalized spacial score (nSPS) is 10.9. The van der Waals surface area contributed by atoms with Crippen LogP contribution in [0.1, 0.15) is 11.3 Å². The molecule has 4 rings (SSSR count). The summed E-state index contributed by atoms with van der Waals surface area (Å²) in [5.41, 5.74) is 3.52. The number of hydrogen-bond acceptors (Lipinski definition) is 8. The summed E-state index contributed by atoms with van der Waals surface area (Å²) in [7, 11) is 0.0344. The van der Waals surface area contributed by atoms with Crippen molar-refractivity contribution >= 4 is 29.4 Å². The molecule has 0 aliphatic rings. The van der Waals surface area contributed by atoms with E-state index >= 15 is 0 Å². The smallest absolute Gasteiger partial charge is 0.468 e. The van der Waals surface area contributed by atoms with Gasteiger partial charge in [0, 0.05) is 6.54 Å². The predicted octanol–water partition coefficient (Wildman–Crippen LogP) is 0.819. The van der Waals surface area contributed by atoms with Crippen LogP contribution in [0.3, 0.4) is 0 Å². The van der Waals surface area contributed by atoms with E-state index in [2.05, 4.69) is 25.5 Å². The van der Waals surface area contributed by atoms with E-state index in [0.717, 1.165) is 16.6 Å². The Hall–Kier alpha value is -3.50. The van der Waals surface area contributed by atoms with Crippen molar-refractivity contribution in [2.75, 3.05) is 12.4 Å². The van der Waals surface area contributed by atoms with Crippen LogP contribution in [0.15, 0.2) is 48.5 Å². The quantitative estimate of drug-likeness (QED) is 0.414. The number of rotatable bonds is 6. The van der Waals surface area contributed by atoms with Gasteiger partial charge in [-0.05, 0) is 30.1 Å². The molecule has 3 N–H and O–H groups in total. The lowest BCUT2D eigenvalue weighted by molar-refractivity contribution is 0.373. The van der Waals surface area contributed by atoms with Gasteiger partial charge in [-0.25, -0.2) is 4.57 Å². The Morgan fingerprint density at radius 3 is 2.69 bits per heavy atom. The third-order valence-corrected chi connectivity index (χ3v) is 4.47. The molecule has 0 amide bonds. The Balaban J connectivity index is 1.66. The Morgan fingerprint density at radius 2 is 1.90 bits per heavy atom. The molecule has 0 saturated carbocycles. The molecule has 0 saturated heterocycles. The van der Waals surface area contributed by atoms with Crippen LogP contribution in [0, 0.1) is 6.92 Å². The first-order valence-corrected chi connectivity index (χ1v) is 8.99. The maximum Gasteiger partial charge on any atom is 0.488 e. The summed E-state index contributed by atoms with van der Waals surface area (Å²) in [4.78, 5) is 9.05. The largest absolute Gasteiger partial charge is 0.488 e. The zero-order valence-electron chi connectivity index (χ0n) is 15.9. The third-order valence-electron chi connectivity index (χ3n) is 4.47. The molecule has 29 heavy (non-hydrogen) atoms. The molecule has 0 atom stereocenters. The standard InChI is InChI=1S/C19H19BN6O3/c1-12-17(21-11-13-6-5-7-14(10-13)20(27)28)23-18(25-24-12)26-16-9-4-3-8-15(16)22-19(26)29-2/h3-10,27-28H,11H2,1-2H3,(H,21,23,25). The average Bonchev–Trinajstić information content (AvgIpc) is 3.12. The number of methoxy groups -OCH3 is 1. The van der Waals surface area contributed by atoms with E-state index in [4.69, 9.17) is 4.74 Å². The first-order valence-electron chi connectivity index (χ1n) is 8.99. The van der Waals surface area contributed by atoms with Gasteiger partial charge < -0.3 is 20.1 Å². The minimum atomic E-state index is -1.51. The van der Waals surface area contributed by atoms with Crippen LogP contribution in [0.5, 0.6) is 6.01 Å². The van der Waals surface area contributed by atoms with E-state index in [1.54, 1.807) is 29.9 Å². The molecule has 0 bridgehead atoms. The summed E-state index contributed by atoms with van der Waals surface area (Å²) in [5.74, 6) is 0.896. The summed E-state index contributed by atoms with van der Waals surface area (Å²) in [5, 5.41) is 30.3. The molecule has 0 aliphatic heterocycles. The number of ether oxygens (including phenoxy) is 1. The van der Waals surface area contributed by atoms with E-state index in [-0.39, 0.29) is 0 Å². The molecule has 0 unspecified atom stereocenters. The summed E-state index contributed by atoms with van der Waals surface area (Å²) in [6.07, 6.45) is 0. The molecule has 2 heterocycles. The molecular weight excluding hydrogens is 371 g/mol. The van der Waals surface area contributed by atoms with Crippen molar-refractivity contribution in [3.05, 3.63) is 59.8 Å². The number of para-hydroxylation sites is 2. The molecule has 9 nitrogen and oxygen atoms in total. The number of nitrogens with zero attached hydrogens (tertiary/aromatic N) is 5. The van der Waals surface area contributed by atoms with E-state index in [0.29, 0.717) is 35.5 Å². The van der Waals surface area contributed by atoms with Crippen molar-refractivity contribution in [3.8, 4) is 12.0 Å². The predicted molar refractivity (Wildman–Crippen MR) is 109 cm³/mol. The second-order valence-corrected chi connectivity index (χ2v) is 6.44. The summed E-state index contributed by atoms with van der Waals surface area (Å²) in [6.45, 7) is 2.24. The summed E-state index contributed by atoms with van der Waals surface area (Å²) in [6, 6.07) is 15.0. The first kappa shape index (κ1) is 18.8. The van der Waals surface area contributed by atoms with E-state index < -0.39 is 7.12 Å². The van der Waals surface area contributed by atoms with E-state index in [1.165, 1.54) is 0 Å². The van der Waals surface area contributed by atoms with Crippen LogP contribution in [-0.4, -0.2) is 49.0 Å². The molecule has 0 radical (unpaired) electrons. The highest BCUT2D eigenvalue weighted by Gasteiger charge is 2.17. The molecule has 2 aromatic carbocycles. The molecule has 4 aromatic rings. The zero-order chi connectivity index (χ0) is 20.4. The molecule has 0 spiro atoms. The van der Waals surface area contributed by atoms with Gasteiger partial charge in [-0.15, -0.1) is 10.2 Å². The van der Waals surface area contributed by atoms with Gasteiger partial charge in [0.1, 0.15) is 5.69 Å². The number of anilines is 1. The van der Waals surface area contributed by atoms with Crippen LogP contribution in [0.4, 0.5) is 5.82 Å². The Morgan fingerprint density at radius 1 is 1.07 bits per heavy atom. The van der Waals surface area contributed by atoms with Crippen molar-refractivity contribution in [2.24, 2.45) is 0 Å². The lowest BCUT2D eigenvalue weighted by Gasteiger charge is -2.11. The molecule has 10 heteroatoms. The highest BCUT2D eigenvalue weighted by Crippen LogP contribution is 2.24. The zero-order valence-corrected chi connectivity index (χ0v) is 15.9. The molecular formula is C19H19BN6O3. The molecule has 2 aromatic heterocycles. The SMILES string of the molecule is COc1nc2ccccc2n1-c1nnc(C)c(NCc2cccc(B(O)O)c2)n1. The van der Waals surface area contributed by atoms with Gasteiger partial charge in [0.15, 0.2) is 5.82 Å². The Labute approximate surface area is 167 Å². The minimum Gasteiger partial charge on any atom is -0.468 e. The third kappa shape index (κ3) is 3.75. The van der Waals surface area contributed by atoms with Crippen LogP contribution in [0.25, 0.3) is 17.0 Å². The van der Waals surface area contributed by atoms with Gasteiger partial charge >= 0.3 is 13.1 Å². The van der Waals surface area contributed by atoms with Crippen LogP contribution in [0.2, 0.25) is 0 Å². The Kier molecular flexibility index (Phi) is 5.11. The van der Waals surface area contributed by atoms with Gasteiger partial charge in [0.2, 0.25) is 0 Å². The van der Waals surface area contributed by atoms with Crippen molar-refractivity contribution in [3.63, 3.8) is 0 Å². The molecule has 146 valence electrons. The van der Waals surface area contributed by atoms with Gasteiger partial charge in [-0.1, -0.05) is 36.4 Å². The van der Waals surface area contributed by atoms with Crippen molar-refractivity contribution < 1.29 is 14.8 Å². The second-order valence-electron chi connectivity index (χ2n) is 6.44. The fraction of sp³-hybridized carbons (Fsp3) is 0.158. The van der Waals surface area contributed by atoms with Gasteiger partial charge in [0.05, 0.1) is 18.1 Å². The van der Waals surface area contributed by atoms with Gasteiger partial charge in [-0.3, -0.25) is 0 Å². The van der Waals surface area contributed by atoms with E-state index in [9.17, 15) is 10.0 Å². The summed E-state index contributed by atoms with van der Waals surface area (Å²) < 4.78 is 7.10. The number of benzene rings is 2. The van der Waals surface area contributed by atoms with Crippen LogP contribution >= 0.6 is 0 Å². The van der Waals surface area contributed by atoms with E-state index in [1.807, 2.05) is 37.3 Å². The number of fused-ring (bicyclic) bond motifs is 1. The number of nitrogens with one attached hydrogen (secondary N) is 1. The monoisotopic (exact) mass is 390 g/mol. The topological polar surface area (TPSA) is 118 Å². The Bertz CT molecular complexity index is 1160. The number of aryl methyl sites for hydroxylation is 1. The van der Waals surface area contributed by atoms with Gasteiger partial charge in [0.25, 0.3) is 5.95 Å². The highest BCUT2D eigenvalue weighted by molar-refractivity contribution is 6.58. The maximum atomic E-state index is 9.34. The van der Waals surface area contributed by atoms with Crippen LogP contribution < -0.4 is 15.5 Å². The fourth-order valence-electron chi connectivity index (χ4n) is 3.02. The lowest BCUT2D eigenvalue weighted by Crippen LogP contribution is -2.30. The minimum absolute atomic E-state index is 0.336. The van der Waals surface area contributed by atoms with Crippen LogP contribution in [-0.2, 0) is 6.54 Å². The van der Waals surface area contributed by atoms with Crippen molar-refractivity contribution in [1.29, 1.82) is 0 Å². The average molecular weight is 390 g/mol.